The minimum absolute atomic E-state index is 0.603. The summed E-state index contributed by atoms with van der Waals surface area (Å²) in [5.41, 5.74) is 0.759. The van der Waals surface area contributed by atoms with Crippen LogP contribution in [0.25, 0.3) is 11.5 Å². The van der Waals surface area contributed by atoms with Crippen molar-refractivity contribution in [1.29, 1.82) is 0 Å². The standard InChI is InChI=1S/C10H9N3O/c1-14-8-6-12-10(13-7-8)9-4-2-3-5-11-9/h2-7H,1H3. The smallest absolute Gasteiger partial charge is 0.178 e. The molecule has 0 fully saturated rings. The highest BCUT2D eigenvalue weighted by Crippen LogP contribution is 2.12. The van der Waals surface area contributed by atoms with Gasteiger partial charge in [-0.3, -0.25) is 4.98 Å². The molecule has 0 N–H and O–H groups in total. The van der Waals surface area contributed by atoms with Crippen LogP contribution >= 0.6 is 0 Å². The molecule has 0 radical (unpaired) electrons. The normalized spacial score (nSPS) is 9.79. The number of ether oxygens (including phenoxy) is 1. The topological polar surface area (TPSA) is 47.9 Å². The molecule has 2 aromatic rings. The predicted octanol–water partition coefficient (Wildman–Crippen LogP) is 1.55. The zero-order valence-corrected chi connectivity index (χ0v) is 7.71. The number of methoxy groups -OCH3 is 1. The van der Waals surface area contributed by atoms with Gasteiger partial charge in [-0.25, -0.2) is 9.97 Å². The monoisotopic (exact) mass is 187 g/mol. The molecule has 0 aliphatic rings. The Bertz CT molecular complexity index is 399. The first-order chi connectivity index (χ1) is 6.90. The quantitative estimate of drug-likeness (QED) is 0.715. The molecule has 0 aliphatic carbocycles. The van der Waals surface area contributed by atoms with E-state index in [9.17, 15) is 0 Å². The molecule has 14 heavy (non-hydrogen) atoms. The summed E-state index contributed by atoms with van der Waals surface area (Å²) >= 11 is 0. The van der Waals surface area contributed by atoms with Crippen LogP contribution in [0.5, 0.6) is 5.75 Å². The van der Waals surface area contributed by atoms with E-state index in [0.717, 1.165) is 5.69 Å². The van der Waals surface area contributed by atoms with Gasteiger partial charge < -0.3 is 4.74 Å². The lowest BCUT2D eigenvalue weighted by molar-refractivity contribution is 0.411. The second kappa shape index (κ2) is 3.83. The van der Waals surface area contributed by atoms with Crippen molar-refractivity contribution in [2.75, 3.05) is 7.11 Å². The molecule has 0 saturated heterocycles. The largest absolute Gasteiger partial charge is 0.494 e. The van der Waals surface area contributed by atoms with Crippen molar-refractivity contribution >= 4 is 0 Å². The van der Waals surface area contributed by atoms with E-state index < -0.39 is 0 Å². The van der Waals surface area contributed by atoms with Gasteiger partial charge in [-0.1, -0.05) is 6.07 Å². The molecule has 70 valence electrons. The van der Waals surface area contributed by atoms with Crippen molar-refractivity contribution in [3.8, 4) is 17.3 Å². The number of hydrogen-bond donors (Lipinski definition) is 0. The summed E-state index contributed by atoms with van der Waals surface area (Å²) in [6.07, 6.45) is 4.96. The number of hydrogen-bond acceptors (Lipinski definition) is 4. The van der Waals surface area contributed by atoms with Crippen molar-refractivity contribution in [2.45, 2.75) is 0 Å². The molecule has 0 amide bonds. The number of rotatable bonds is 2. The fourth-order valence-electron chi connectivity index (χ4n) is 1.05. The van der Waals surface area contributed by atoms with Crippen LogP contribution in [-0.4, -0.2) is 22.1 Å². The summed E-state index contributed by atoms with van der Waals surface area (Å²) in [5, 5.41) is 0. The average molecular weight is 187 g/mol. The Balaban J connectivity index is 2.34. The Morgan fingerprint density at radius 3 is 2.43 bits per heavy atom. The van der Waals surface area contributed by atoms with Crippen LogP contribution in [-0.2, 0) is 0 Å². The molecule has 0 atom stereocenters. The Kier molecular flexibility index (Phi) is 2.36. The first-order valence-electron chi connectivity index (χ1n) is 4.17. The first kappa shape index (κ1) is 8.62. The van der Waals surface area contributed by atoms with E-state index in [0.29, 0.717) is 11.6 Å². The molecular weight excluding hydrogens is 178 g/mol. The zero-order valence-electron chi connectivity index (χ0n) is 7.71. The van der Waals surface area contributed by atoms with E-state index in [-0.39, 0.29) is 0 Å². The lowest BCUT2D eigenvalue weighted by atomic mass is 10.3. The van der Waals surface area contributed by atoms with Crippen LogP contribution in [0.4, 0.5) is 0 Å². The van der Waals surface area contributed by atoms with Gasteiger partial charge in [-0.15, -0.1) is 0 Å². The zero-order chi connectivity index (χ0) is 9.80. The Labute approximate surface area is 81.6 Å². The lowest BCUT2D eigenvalue weighted by Crippen LogP contribution is -1.92. The molecule has 0 saturated carbocycles. The maximum atomic E-state index is 4.96. The molecule has 0 bridgehead atoms. The van der Waals surface area contributed by atoms with Crippen LogP contribution in [0, 0.1) is 0 Å². The van der Waals surface area contributed by atoms with E-state index in [1.807, 2.05) is 18.2 Å². The Morgan fingerprint density at radius 2 is 1.86 bits per heavy atom. The highest BCUT2D eigenvalue weighted by Gasteiger charge is 2.00. The number of pyridine rings is 1. The Hall–Kier alpha value is -1.97. The van der Waals surface area contributed by atoms with Gasteiger partial charge in [0.25, 0.3) is 0 Å². The minimum Gasteiger partial charge on any atom is -0.494 e. The number of aromatic nitrogens is 3. The molecule has 2 rings (SSSR count). The molecule has 2 aromatic heterocycles. The van der Waals surface area contributed by atoms with Crippen molar-refractivity contribution in [3.05, 3.63) is 36.8 Å². The van der Waals surface area contributed by atoms with Gasteiger partial charge in [0, 0.05) is 6.20 Å². The minimum atomic E-state index is 0.603. The fourth-order valence-corrected chi connectivity index (χ4v) is 1.05. The van der Waals surface area contributed by atoms with Gasteiger partial charge in [0.1, 0.15) is 5.69 Å². The van der Waals surface area contributed by atoms with Gasteiger partial charge >= 0.3 is 0 Å². The van der Waals surface area contributed by atoms with Crippen LogP contribution in [0.3, 0.4) is 0 Å². The third-order valence-corrected chi connectivity index (χ3v) is 1.76. The van der Waals surface area contributed by atoms with E-state index in [2.05, 4.69) is 15.0 Å². The molecule has 4 nitrogen and oxygen atoms in total. The van der Waals surface area contributed by atoms with Crippen LogP contribution in [0.1, 0.15) is 0 Å². The average Bonchev–Trinajstić information content (AvgIpc) is 2.30. The lowest BCUT2D eigenvalue weighted by Gasteiger charge is -2.00. The maximum absolute atomic E-state index is 4.96. The highest BCUT2D eigenvalue weighted by atomic mass is 16.5. The third kappa shape index (κ3) is 1.69. The summed E-state index contributed by atoms with van der Waals surface area (Å²) in [6.45, 7) is 0. The van der Waals surface area contributed by atoms with Gasteiger partial charge in [0.2, 0.25) is 0 Å². The van der Waals surface area contributed by atoms with Crippen molar-refractivity contribution < 1.29 is 4.74 Å². The van der Waals surface area contributed by atoms with E-state index in [1.54, 1.807) is 25.7 Å². The molecule has 4 heteroatoms. The first-order valence-corrected chi connectivity index (χ1v) is 4.17. The predicted molar refractivity (Wildman–Crippen MR) is 51.8 cm³/mol. The van der Waals surface area contributed by atoms with E-state index >= 15 is 0 Å². The van der Waals surface area contributed by atoms with E-state index in [1.165, 1.54) is 0 Å². The molecule has 2 heterocycles. The van der Waals surface area contributed by atoms with Crippen molar-refractivity contribution in [3.63, 3.8) is 0 Å². The van der Waals surface area contributed by atoms with Crippen LogP contribution < -0.4 is 4.74 Å². The summed E-state index contributed by atoms with van der Waals surface area (Å²) < 4.78 is 4.96. The molecule has 0 aromatic carbocycles. The molecule has 0 aliphatic heterocycles. The second-order valence-electron chi connectivity index (χ2n) is 2.66. The molecule has 0 spiro atoms. The maximum Gasteiger partial charge on any atom is 0.178 e. The van der Waals surface area contributed by atoms with Gasteiger partial charge in [0.05, 0.1) is 19.5 Å². The van der Waals surface area contributed by atoms with E-state index in [4.69, 9.17) is 4.74 Å². The Morgan fingerprint density at radius 1 is 1.07 bits per heavy atom. The molecular formula is C10H9N3O. The van der Waals surface area contributed by atoms with Gasteiger partial charge in [0.15, 0.2) is 11.6 Å². The van der Waals surface area contributed by atoms with Gasteiger partial charge in [-0.2, -0.15) is 0 Å². The SMILES string of the molecule is COc1cnc(-c2ccccn2)nc1. The number of nitrogens with zero attached hydrogens (tertiary/aromatic N) is 3. The van der Waals surface area contributed by atoms with Crippen LogP contribution in [0.2, 0.25) is 0 Å². The molecule has 0 unspecified atom stereocenters. The summed E-state index contributed by atoms with van der Waals surface area (Å²) in [5.74, 6) is 1.25. The summed E-state index contributed by atoms with van der Waals surface area (Å²) in [4.78, 5) is 12.4. The van der Waals surface area contributed by atoms with Crippen molar-refractivity contribution in [1.82, 2.24) is 15.0 Å². The third-order valence-electron chi connectivity index (χ3n) is 1.76. The highest BCUT2D eigenvalue weighted by molar-refractivity contribution is 5.48. The summed E-state index contributed by atoms with van der Waals surface area (Å²) in [7, 11) is 1.58. The summed E-state index contributed by atoms with van der Waals surface area (Å²) in [6, 6.07) is 5.62. The van der Waals surface area contributed by atoms with Crippen LogP contribution in [0.15, 0.2) is 36.8 Å². The fraction of sp³-hybridized carbons (Fsp3) is 0.100. The van der Waals surface area contributed by atoms with Gasteiger partial charge in [-0.05, 0) is 12.1 Å². The second-order valence-corrected chi connectivity index (χ2v) is 2.66. The van der Waals surface area contributed by atoms with Crippen molar-refractivity contribution in [2.24, 2.45) is 0 Å².